The van der Waals surface area contributed by atoms with Gasteiger partial charge in [0, 0.05) is 25.5 Å². The summed E-state index contributed by atoms with van der Waals surface area (Å²) in [5.74, 6) is 0.659. The summed E-state index contributed by atoms with van der Waals surface area (Å²) in [6.45, 7) is 0.577. The van der Waals surface area contributed by atoms with Crippen LogP contribution in [-0.4, -0.2) is 29.3 Å². The van der Waals surface area contributed by atoms with E-state index < -0.39 is 9.85 Å². The third-order valence-corrected chi connectivity index (χ3v) is 3.25. The second-order valence-corrected chi connectivity index (χ2v) is 4.50. The Morgan fingerprint density at radius 2 is 2.00 bits per heavy atom. The lowest BCUT2D eigenvalue weighted by Gasteiger charge is -2.02. The van der Waals surface area contributed by atoms with E-state index in [2.05, 4.69) is 0 Å². The van der Waals surface area contributed by atoms with Gasteiger partial charge in [-0.3, -0.25) is 20.2 Å². The molecule has 0 aromatic heterocycles. The lowest BCUT2D eigenvalue weighted by Crippen LogP contribution is -1.96. The fraction of sp³-hybridized carbons (Fsp3) is 0.400. The molecule has 0 amide bonds. The van der Waals surface area contributed by atoms with Gasteiger partial charge in [-0.1, -0.05) is 0 Å². The first-order chi connectivity index (χ1) is 8.56. The summed E-state index contributed by atoms with van der Waals surface area (Å²) in [4.78, 5) is 20.6. The standard InChI is InChI=1S/C10H12N2O5S/c1-17-5-2-6-18-10-4-3-8(11(13)14)7-9(10)12(15)16/h3-4,7H,2,5-6H2,1H3. The minimum atomic E-state index is -0.646. The molecule has 0 atom stereocenters. The van der Waals surface area contributed by atoms with E-state index in [-0.39, 0.29) is 11.4 Å². The van der Waals surface area contributed by atoms with E-state index in [9.17, 15) is 20.2 Å². The van der Waals surface area contributed by atoms with Crippen molar-refractivity contribution in [3.05, 3.63) is 38.4 Å². The molecule has 0 fully saturated rings. The Morgan fingerprint density at radius 1 is 1.28 bits per heavy atom. The van der Waals surface area contributed by atoms with Crippen LogP contribution in [0.2, 0.25) is 0 Å². The van der Waals surface area contributed by atoms with E-state index in [1.165, 1.54) is 23.9 Å². The molecule has 0 bridgehead atoms. The van der Waals surface area contributed by atoms with Crippen molar-refractivity contribution in [2.75, 3.05) is 19.5 Å². The van der Waals surface area contributed by atoms with Crippen molar-refractivity contribution in [3.63, 3.8) is 0 Å². The molecular formula is C10H12N2O5S. The third kappa shape index (κ3) is 3.97. The molecule has 7 nitrogen and oxygen atoms in total. The van der Waals surface area contributed by atoms with E-state index in [4.69, 9.17) is 4.74 Å². The van der Waals surface area contributed by atoms with Gasteiger partial charge in [-0.25, -0.2) is 0 Å². The number of thioether (sulfide) groups is 1. The molecular weight excluding hydrogens is 260 g/mol. The van der Waals surface area contributed by atoms with Gasteiger partial charge in [0.25, 0.3) is 11.4 Å². The summed E-state index contributed by atoms with van der Waals surface area (Å²) < 4.78 is 4.87. The number of nitro benzene ring substituents is 2. The summed E-state index contributed by atoms with van der Waals surface area (Å²) in [5.41, 5.74) is -0.505. The van der Waals surface area contributed by atoms with Crippen LogP contribution in [0.1, 0.15) is 6.42 Å². The molecule has 8 heteroatoms. The van der Waals surface area contributed by atoms with Gasteiger partial charge in [0.05, 0.1) is 20.8 Å². The summed E-state index contributed by atoms with van der Waals surface area (Å²) in [6, 6.07) is 3.66. The van der Waals surface area contributed by atoms with Crippen LogP contribution in [0.25, 0.3) is 0 Å². The monoisotopic (exact) mass is 272 g/mol. The Bertz CT molecular complexity index is 452. The highest BCUT2D eigenvalue weighted by atomic mass is 32.2. The van der Waals surface area contributed by atoms with Gasteiger partial charge in [0.2, 0.25) is 0 Å². The predicted octanol–water partition coefficient (Wildman–Crippen LogP) is 2.63. The van der Waals surface area contributed by atoms with Gasteiger partial charge in [0.15, 0.2) is 0 Å². The van der Waals surface area contributed by atoms with Gasteiger partial charge in [-0.05, 0) is 12.5 Å². The highest BCUT2D eigenvalue weighted by Gasteiger charge is 2.19. The predicted molar refractivity (Wildman–Crippen MR) is 67.0 cm³/mol. The van der Waals surface area contributed by atoms with Crippen molar-refractivity contribution in [1.29, 1.82) is 0 Å². The Kier molecular flexibility index (Phi) is 5.53. The number of ether oxygens (including phenoxy) is 1. The molecule has 18 heavy (non-hydrogen) atoms. The Labute approximate surface area is 107 Å². The molecule has 1 aromatic rings. The number of benzene rings is 1. The molecule has 1 rings (SSSR count). The van der Waals surface area contributed by atoms with Crippen LogP contribution in [0.15, 0.2) is 23.1 Å². The average molecular weight is 272 g/mol. The number of nitrogens with zero attached hydrogens (tertiary/aromatic N) is 2. The minimum absolute atomic E-state index is 0.230. The van der Waals surface area contributed by atoms with E-state index >= 15 is 0 Å². The molecule has 0 aliphatic rings. The molecule has 0 aliphatic heterocycles. The van der Waals surface area contributed by atoms with Gasteiger partial charge < -0.3 is 4.74 Å². The zero-order valence-corrected chi connectivity index (χ0v) is 10.5. The first-order valence-corrected chi connectivity index (χ1v) is 6.09. The van der Waals surface area contributed by atoms with Crippen molar-refractivity contribution in [1.82, 2.24) is 0 Å². The fourth-order valence-electron chi connectivity index (χ4n) is 1.27. The van der Waals surface area contributed by atoms with E-state index in [1.807, 2.05) is 0 Å². The van der Waals surface area contributed by atoms with Gasteiger partial charge in [0.1, 0.15) is 0 Å². The van der Waals surface area contributed by atoms with Crippen LogP contribution in [0.5, 0.6) is 0 Å². The summed E-state index contributed by atoms with van der Waals surface area (Å²) in [7, 11) is 1.58. The zero-order valence-electron chi connectivity index (χ0n) is 9.70. The third-order valence-electron chi connectivity index (χ3n) is 2.10. The first-order valence-electron chi connectivity index (χ1n) is 5.11. The molecule has 0 spiro atoms. The topological polar surface area (TPSA) is 95.5 Å². The van der Waals surface area contributed by atoms with E-state index in [0.717, 1.165) is 12.5 Å². The molecule has 98 valence electrons. The number of nitro groups is 2. The maximum Gasteiger partial charge on any atom is 0.289 e. The second-order valence-electron chi connectivity index (χ2n) is 3.36. The summed E-state index contributed by atoms with van der Waals surface area (Å²) in [6.07, 6.45) is 0.759. The Morgan fingerprint density at radius 3 is 2.56 bits per heavy atom. The molecule has 0 aliphatic carbocycles. The maximum atomic E-state index is 10.8. The highest BCUT2D eigenvalue weighted by Crippen LogP contribution is 2.32. The quantitative estimate of drug-likeness (QED) is 0.327. The van der Waals surface area contributed by atoms with Crippen LogP contribution >= 0.6 is 11.8 Å². The first kappa shape index (κ1) is 14.4. The molecule has 0 unspecified atom stereocenters. The Hall–Kier alpha value is -1.67. The molecule has 0 saturated carbocycles. The average Bonchev–Trinajstić information content (AvgIpc) is 2.34. The van der Waals surface area contributed by atoms with Gasteiger partial charge >= 0.3 is 0 Å². The Balaban J connectivity index is 2.83. The van der Waals surface area contributed by atoms with Crippen LogP contribution in [0.4, 0.5) is 11.4 Å². The number of hydrogen-bond donors (Lipinski definition) is 0. The normalized spacial score (nSPS) is 10.3. The smallest absolute Gasteiger partial charge is 0.289 e. The van der Waals surface area contributed by atoms with Crippen LogP contribution in [0.3, 0.4) is 0 Å². The lowest BCUT2D eigenvalue weighted by molar-refractivity contribution is -0.396. The SMILES string of the molecule is COCCCSc1ccc([N+](=O)[O-])cc1[N+](=O)[O-]. The molecule has 0 saturated heterocycles. The lowest BCUT2D eigenvalue weighted by atomic mass is 10.3. The molecule has 0 radical (unpaired) electrons. The fourth-order valence-corrected chi connectivity index (χ4v) is 2.20. The van der Waals surface area contributed by atoms with Crippen LogP contribution in [0, 0.1) is 20.2 Å². The maximum absolute atomic E-state index is 10.8. The van der Waals surface area contributed by atoms with Crippen molar-refractivity contribution in [2.24, 2.45) is 0 Å². The number of rotatable bonds is 7. The molecule has 0 heterocycles. The number of non-ortho nitro benzene ring substituents is 1. The highest BCUT2D eigenvalue weighted by molar-refractivity contribution is 7.99. The summed E-state index contributed by atoms with van der Waals surface area (Å²) >= 11 is 1.29. The summed E-state index contributed by atoms with van der Waals surface area (Å²) in [5, 5.41) is 21.4. The van der Waals surface area contributed by atoms with Crippen molar-refractivity contribution < 1.29 is 14.6 Å². The van der Waals surface area contributed by atoms with Gasteiger partial charge in [-0.15, -0.1) is 11.8 Å². The van der Waals surface area contributed by atoms with Crippen molar-refractivity contribution in [2.45, 2.75) is 11.3 Å². The van der Waals surface area contributed by atoms with Crippen molar-refractivity contribution in [3.8, 4) is 0 Å². The van der Waals surface area contributed by atoms with Crippen LogP contribution in [-0.2, 0) is 4.74 Å². The minimum Gasteiger partial charge on any atom is -0.385 e. The molecule has 1 aromatic carbocycles. The number of methoxy groups -OCH3 is 1. The van der Waals surface area contributed by atoms with E-state index in [1.54, 1.807) is 7.11 Å². The van der Waals surface area contributed by atoms with Crippen molar-refractivity contribution >= 4 is 23.1 Å². The van der Waals surface area contributed by atoms with Crippen LogP contribution < -0.4 is 0 Å². The van der Waals surface area contributed by atoms with Gasteiger partial charge in [-0.2, -0.15) is 0 Å². The second kappa shape index (κ2) is 6.92. The molecule has 0 N–H and O–H groups in total. The van der Waals surface area contributed by atoms with E-state index in [0.29, 0.717) is 17.3 Å². The zero-order chi connectivity index (χ0) is 13.5. The largest absolute Gasteiger partial charge is 0.385 e. The number of hydrogen-bond acceptors (Lipinski definition) is 6.